The highest BCUT2D eigenvalue weighted by Gasteiger charge is 2.28. The average molecular weight is 446 g/mol. The quantitative estimate of drug-likeness (QED) is 0.447. The van der Waals surface area contributed by atoms with Crippen molar-refractivity contribution in [2.24, 2.45) is 16.0 Å². The van der Waals surface area contributed by atoms with Gasteiger partial charge in [0.1, 0.15) is 5.82 Å². The SMILES string of the molecule is CCC1=C(N(C)c2nccs2)N2N=C(CNCCCC(CO)C(=O)NC)C=CC2=NC1. The molecule has 3 rings (SSSR count). The Kier molecular flexibility index (Phi) is 8.33. The van der Waals surface area contributed by atoms with Gasteiger partial charge < -0.3 is 20.6 Å². The minimum atomic E-state index is -0.354. The lowest BCUT2D eigenvalue weighted by Crippen LogP contribution is -2.41. The summed E-state index contributed by atoms with van der Waals surface area (Å²) >= 11 is 1.59. The van der Waals surface area contributed by atoms with Gasteiger partial charge >= 0.3 is 0 Å². The Labute approximate surface area is 187 Å². The predicted octanol–water partition coefficient (Wildman–Crippen LogP) is 1.57. The van der Waals surface area contributed by atoms with Gasteiger partial charge in [-0.1, -0.05) is 6.92 Å². The molecule has 10 heteroatoms. The highest BCUT2D eigenvalue weighted by Crippen LogP contribution is 2.29. The molecule has 0 saturated heterocycles. The van der Waals surface area contributed by atoms with Crippen LogP contribution in [0.25, 0.3) is 0 Å². The van der Waals surface area contributed by atoms with Crippen molar-refractivity contribution in [3.05, 3.63) is 35.1 Å². The van der Waals surface area contributed by atoms with Gasteiger partial charge in [-0.15, -0.1) is 11.3 Å². The van der Waals surface area contributed by atoms with Crippen LogP contribution >= 0.6 is 11.3 Å². The summed E-state index contributed by atoms with van der Waals surface area (Å²) in [6.45, 7) is 4.02. The van der Waals surface area contributed by atoms with Crippen molar-refractivity contribution >= 4 is 33.9 Å². The first-order valence-electron chi connectivity index (χ1n) is 10.6. The van der Waals surface area contributed by atoms with Gasteiger partial charge in [-0.05, 0) is 43.5 Å². The average Bonchev–Trinajstić information content (AvgIpc) is 3.34. The lowest BCUT2D eigenvalue weighted by atomic mass is 10.0. The van der Waals surface area contributed by atoms with E-state index in [0.717, 1.165) is 41.9 Å². The van der Waals surface area contributed by atoms with Crippen LogP contribution in [0.2, 0.25) is 0 Å². The van der Waals surface area contributed by atoms with Crippen LogP contribution in [0.15, 0.2) is 45.2 Å². The molecule has 0 saturated carbocycles. The van der Waals surface area contributed by atoms with Crippen molar-refractivity contribution in [1.29, 1.82) is 0 Å². The van der Waals surface area contributed by atoms with Gasteiger partial charge in [0.15, 0.2) is 11.0 Å². The van der Waals surface area contributed by atoms with E-state index in [2.05, 4.69) is 32.4 Å². The topological polar surface area (TPSA) is 105 Å². The smallest absolute Gasteiger partial charge is 0.225 e. The summed E-state index contributed by atoms with van der Waals surface area (Å²) in [5.41, 5.74) is 2.13. The fraction of sp³-hybridized carbons (Fsp3) is 0.524. The molecule has 2 aliphatic heterocycles. The van der Waals surface area contributed by atoms with E-state index in [1.54, 1.807) is 24.6 Å². The lowest BCUT2D eigenvalue weighted by Gasteiger charge is -2.35. The zero-order chi connectivity index (χ0) is 22.2. The van der Waals surface area contributed by atoms with Crippen molar-refractivity contribution in [2.45, 2.75) is 26.2 Å². The molecule has 9 nitrogen and oxygen atoms in total. The third-order valence-electron chi connectivity index (χ3n) is 5.32. The van der Waals surface area contributed by atoms with Crippen LogP contribution in [0.1, 0.15) is 26.2 Å². The summed E-state index contributed by atoms with van der Waals surface area (Å²) in [4.78, 5) is 22.9. The van der Waals surface area contributed by atoms with Gasteiger partial charge in [0.2, 0.25) is 5.91 Å². The number of nitrogens with zero attached hydrogens (tertiary/aromatic N) is 5. The molecule has 0 fully saturated rings. The van der Waals surface area contributed by atoms with Crippen LogP contribution in [0.5, 0.6) is 0 Å². The highest BCUT2D eigenvalue weighted by molar-refractivity contribution is 7.13. The van der Waals surface area contributed by atoms with Crippen molar-refractivity contribution in [3.8, 4) is 0 Å². The Morgan fingerprint density at radius 2 is 2.26 bits per heavy atom. The number of nitrogens with one attached hydrogen (secondary N) is 2. The number of amidine groups is 1. The standard InChI is InChI=1S/C21H31N7O2S/c1-4-15-12-25-18-8-7-17(13-23-9-5-6-16(14-29)19(30)22-2)26-28(18)20(15)27(3)21-24-10-11-31-21/h7-8,10-11,16,23,29H,4-6,9,12-14H2,1-3H3,(H,22,30). The molecule has 0 aromatic carbocycles. The molecular weight excluding hydrogens is 414 g/mol. The first-order valence-corrected chi connectivity index (χ1v) is 11.5. The van der Waals surface area contributed by atoms with E-state index in [4.69, 9.17) is 5.10 Å². The normalized spacial score (nSPS) is 16.6. The Hall–Kier alpha value is -2.56. The van der Waals surface area contributed by atoms with E-state index in [9.17, 15) is 9.90 Å². The number of hydrogen-bond acceptors (Lipinski definition) is 9. The first kappa shape index (κ1) is 23.1. The fourth-order valence-electron chi connectivity index (χ4n) is 3.54. The number of carbonyl (C=O) groups excluding carboxylic acids is 1. The number of aliphatic hydroxyl groups excluding tert-OH is 1. The number of hydrazone groups is 1. The molecule has 2 aliphatic rings. The second kappa shape index (κ2) is 11.2. The van der Waals surface area contributed by atoms with Crippen molar-refractivity contribution in [1.82, 2.24) is 20.6 Å². The van der Waals surface area contributed by atoms with Crippen LogP contribution < -0.4 is 15.5 Å². The number of aliphatic imine (C=N–C) groups is 1. The van der Waals surface area contributed by atoms with Crippen LogP contribution in [0.3, 0.4) is 0 Å². The number of aliphatic hydroxyl groups is 1. The molecule has 0 spiro atoms. The molecule has 1 aromatic rings. The first-order chi connectivity index (χ1) is 15.1. The molecule has 1 amide bonds. The van der Waals surface area contributed by atoms with Gasteiger partial charge in [0, 0.05) is 32.2 Å². The summed E-state index contributed by atoms with van der Waals surface area (Å²) in [6.07, 6.45) is 8.12. The van der Waals surface area contributed by atoms with E-state index < -0.39 is 0 Å². The molecule has 3 N–H and O–H groups in total. The minimum absolute atomic E-state index is 0.116. The van der Waals surface area contributed by atoms with Gasteiger partial charge in [-0.3, -0.25) is 9.79 Å². The van der Waals surface area contributed by atoms with Crippen LogP contribution in [-0.4, -0.2) is 72.9 Å². The highest BCUT2D eigenvalue weighted by atomic mass is 32.1. The zero-order valence-electron chi connectivity index (χ0n) is 18.3. The van der Waals surface area contributed by atoms with E-state index in [1.165, 1.54) is 5.57 Å². The minimum Gasteiger partial charge on any atom is -0.396 e. The number of amides is 1. The van der Waals surface area contributed by atoms with Crippen molar-refractivity contribution in [3.63, 3.8) is 0 Å². The molecule has 31 heavy (non-hydrogen) atoms. The summed E-state index contributed by atoms with van der Waals surface area (Å²) in [6, 6.07) is 0. The van der Waals surface area contributed by atoms with Crippen LogP contribution in [-0.2, 0) is 4.79 Å². The van der Waals surface area contributed by atoms with Crippen LogP contribution in [0, 0.1) is 5.92 Å². The van der Waals surface area contributed by atoms with E-state index in [-0.39, 0.29) is 18.4 Å². The number of thiazole rings is 1. The van der Waals surface area contributed by atoms with Gasteiger partial charge in [0.25, 0.3) is 0 Å². The Morgan fingerprint density at radius 3 is 2.94 bits per heavy atom. The second-order valence-corrected chi connectivity index (χ2v) is 8.25. The molecule has 3 heterocycles. The van der Waals surface area contributed by atoms with E-state index >= 15 is 0 Å². The zero-order valence-corrected chi connectivity index (χ0v) is 19.2. The Morgan fingerprint density at radius 1 is 1.42 bits per heavy atom. The monoisotopic (exact) mass is 445 g/mol. The summed E-state index contributed by atoms with van der Waals surface area (Å²) < 4.78 is 0. The van der Waals surface area contributed by atoms with Gasteiger partial charge in [0.05, 0.1) is 24.8 Å². The summed E-state index contributed by atoms with van der Waals surface area (Å²) in [5, 5.41) is 25.0. The fourth-order valence-corrected chi connectivity index (χ4v) is 4.15. The lowest BCUT2D eigenvalue weighted by molar-refractivity contribution is -0.125. The molecule has 1 atom stereocenters. The number of anilines is 1. The number of rotatable bonds is 11. The molecule has 1 unspecified atom stereocenters. The van der Waals surface area contributed by atoms with Crippen LogP contribution in [0.4, 0.5) is 5.13 Å². The number of aromatic nitrogens is 1. The molecule has 0 aliphatic carbocycles. The maximum atomic E-state index is 11.7. The molecular formula is C21H31N7O2S. The number of hydrogen-bond donors (Lipinski definition) is 3. The maximum Gasteiger partial charge on any atom is 0.225 e. The largest absolute Gasteiger partial charge is 0.396 e. The third kappa shape index (κ3) is 5.57. The van der Waals surface area contributed by atoms with Gasteiger partial charge in [-0.25, -0.2) is 4.98 Å². The maximum absolute atomic E-state index is 11.7. The van der Waals surface area contributed by atoms with Gasteiger partial charge in [-0.2, -0.15) is 10.1 Å². The Balaban J connectivity index is 1.62. The Bertz CT molecular complexity index is 876. The van der Waals surface area contributed by atoms with E-state index in [0.29, 0.717) is 19.5 Å². The number of fused-ring (bicyclic) bond motifs is 1. The van der Waals surface area contributed by atoms with Crippen molar-refractivity contribution < 1.29 is 9.90 Å². The molecule has 168 valence electrons. The summed E-state index contributed by atoms with van der Waals surface area (Å²) in [5.74, 6) is 1.37. The predicted molar refractivity (Wildman–Crippen MR) is 125 cm³/mol. The molecule has 0 bridgehead atoms. The second-order valence-electron chi connectivity index (χ2n) is 7.38. The molecule has 1 aromatic heterocycles. The van der Waals surface area contributed by atoms with Crippen molar-refractivity contribution in [2.75, 3.05) is 45.2 Å². The molecule has 0 radical (unpaired) electrons. The number of carbonyl (C=O) groups is 1. The third-order valence-corrected chi connectivity index (χ3v) is 6.17. The summed E-state index contributed by atoms with van der Waals surface area (Å²) in [7, 11) is 3.61. The van der Waals surface area contributed by atoms with E-state index in [1.807, 2.05) is 29.6 Å².